The molecule has 0 aromatic heterocycles. The number of hydrogen-bond donors (Lipinski definition) is 0. The summed E-state index contributed by atoms with van der Waals surface area (Å²) in [5.74, 6) is -1.48. The summed E-state index contributed by atoms with van der Waals surface area (Å²) in [5.41, 5.74) is 0.792. The Kier molecular flexibility index (Phi) is 2.12. The first-order valence-corrected chi connectivity index (χ1v) is 2.65. The maximum Gasteiger partial charge on any atom is 0.190 e. The van der Waals surface area contributed by atoms with Crippen molar-refractivity contribution in [1.82, 2.24) is 0 Å². The van der Waals surface area contributed by atoms with E-state index in [1.165, 1.54) is 19.2 Å². The standard InChI is InChI=1S/C7H8BF2O/c1-11-7-5(9)2-4(8)3-6(7)10/h2-3H,1,8H3/q-1. The molecule has 0 aliphatic heterocycles. The van der Waals surface area contributed by atoms with Gasteiger partial charge in [-0.25, -0.2) is 14.2 Å². The zero-order chi connectivity index (χ0) is 8.43. The van der Waals surface area contributed by atoms with Gasteiger partial charge in [-0.15, -0.1) is 0 Å². The normalized spacial score (nSPS) is 9.82. The van der Waals surface area contributed by atoms with E-state index in [9.17, 15) is 8.78 Å². The van der Waals surface area contributed by atoms with Gasteiger partial charge >= 0.3 is 0 Å². The van der Waals surface area contributed by atoms with Gasteiger partial charge in [0.25, 0.3) is 0 Å². The molecule has 1 rings (SSSR count). The van der Waals surface area contributed by atoms with E-state index >= 15 is 0 Å². The molecule has 0 amide bonds. The zero-order valence-electron chi connectivity index (χ0n) is 5.32. The molecule has 0 heterocycles. The molecule has 0 aliphatic carbocycles. The predicted molar refractivity (Wildman–Crippen MR) is 42.5 cm³/mol. The van der Waals surface area contributed by atoms with E-state index < -0.39 is 11.6 Å². The van der Waals surface area contributed by atoms with Crippen molar-refractivity contribution >= 4 is 13.3 Å². The number of rotatable bonds is 1. The molecule has 60 valence electrons. The van der Waals surface area contributed by atoms with Gasteiger partial charge in [-0.05, 0) is 7.85 Å². The molecular weight excluding hydrogens is 149 g/mol. The van der Waals surface area contributed by atoms with Gasteiger partial charge in [0.1, 0.15) is 0 Å². The van der Waals surface area contributed by atoms with Crippen molar-refractivity contribution < 1.29 is 13.5 Å². The number of benzene rings is 1. The highest BCUT2D eigenvalue weighted by Gasteiger charge is 2.06. The lowest BCUT2D eigenvalue weighted by atomic mass is 9.96. The van der Waals surface area contributed by atoms with Gasteiger partial charge in [-0.3, -0.25) is 0 Å². The van der Waals surface area contributed by atoms with Crippen molar-refractivity contribution in [3.8, 4) is 5.75 Å². The van der Waals surface area contributed by atoms with Crippen LogP contribution in [0.3, 0.4) is 0 Å². The summed E-state index contributed by atoms with van der Waals surface area (Å²) in [6.07, 6.45) is 0. The van der Waals surface area contributed by atoms with Crippen LogP contribution in [0.25, 0.3) is 0 Å². The third-order valence-corrected chi connectivity index (χ3v) is 1.06. The van der Waals surface area contributed by atoms with Gasteiger partial charge in [0, 0.05) is 0 Å². The Bertz CT molecular complexity index is 252. The van der Waals surface area contributed by atoms with Crippen LogP contribution in [-0.2, 0) is 0 Å². The molecule has 4 heteroatoms. The molecule has 0 aliphatic rings. The molecule has 0 saturated carbocycles. The summed E-state index contributed by atoms with van der Waals surface area (Å²) in [5, 5.41) is 0. The molecule has 0 bridgehead atoms. The second kappa shape index (κ2) is 2.90. The SMILES string of the molecule is [BH3-]c1cc(F)c(OC)c(F)c1. The first-order chi connectivity index (χ1) is 5.15. The maximum absolute atomic E-state index is 12.8. The largest absolute Gasteiger partial charge is 0.491 e. The van der Waals surface area contributed by atoms with Crippen LogP contribution in [0, 0.1) is 11.6 Å². The van der Waals surface area contributed by atoms with Crippen molar-refractivity contribution in [1.29, 1.82) is 0 Å². The fourth-order valence-electron chi connectivity index (χ4n) is 0.628. The minimum atomic E-state index is -0.600. The Morgan fingerprint density at radius 3 is 2.09 bits per heavy atom. The molecule has 11 heavy (non-hydrogen) atoms. The van der Waals surface area contributed by atoms with Gasteiger partial charge < -0.3 is 4.74 Å². The lowest BCUT2D eigenvalue weighted by molar-refractivity contribution is 0.360. The highest BCUT2D eigenvalue weighted by molar-refractivity contribution is 6.32. The van der Waals surface area contributed by atoms with Crippen molar-refractivity contribution in [3.63, 3.8) is 0 Å². The summed E-state index contributed by atoms with van der Waals surface area (Å²) >= 11 is 0. The molecule has 0 spiro atoms. The molecular formula is C7H8BF2O-. The zero-order valence-corrected chi connectivity index (χ0v) is 5.32. The molecule has 0 radical (unpaired) electrons. The van der Waals surface area contributed by atoms with E-state index in [-0.39, 0.29) is 13.6 Å². The van der Waals surface area contributed by atoms with Crippen LogP contribution in [0.2, 0.25) is 0 Å². The molecule has 1 aromatic carbocycles. The lowest BCUT2D eigenvalue weighted by Crippen LogP contribution is -2.06. The monoisotopic (exact) mass is 157 g/mol. The molecule has 0 atom stereocenters. The van der Waals surface area contributed by atoms with Gasteiger partial charge in [-0.1, -0.05) is 12.1 Å². The van der Waals surface area contributed by atoms with Crippen molar-refractivity contribution in [2.24, 2.45) is 0 Å². The average Bonchev–Trinajstić information content (AvgIpc) is 1.85. The van der Waals surface area contributed by atoms with E-state index in [4.69, 9.17) is 0 Å². The van der Waals surface area contributed by atoms with E-state index in [0.717, 1.165) is 5.46 Å². The second-order valence-corrected chi connectivity index (χ2v) is 1.68. The molecule has 1 aromatic rings. The summed E-state index contributed by atoms with van der Waals surface area (Å²) in [7, 11) is 1.10. The first-order valence-electron chi connectivity index (χ1n) is 2.65. The maximum atomic E-state index is 12.8. The van der Waals surface area contributed by atoms with Crippen LogP contribution in [0.4, 0.5) is 8.78 Å². The quantitative estimate of drug-likeness (QED) is 0.520. The minimum Gasteiger partial charge on any atom is -0.491 e. The summed E-state index contributed by atoms with van der Waals surface area (Å²) < 4.78 is 30.1. The van der Waals surface area contributed by atoms with Crippen LogP contribution >= 0.6 is 0 Å². The number of ether oxygens (including phenoxy) is 1. The third kappa shape index (κ3) is 1.50. The summed E-state index contributed by atoms with van der Waals surface area (Å²) in [6.45, 7) is 0. The number of halogens is 2. The van der Waals surface area contributed by atoms with E-state index in [1.54, 1.807) is 0 Å². The second-order valence-electron chi connectivity index (χ2n) is 1.68. The number of hydrogen-bond acceptors (Lipinski definition) is 1. The number of methoxy groups -OCH3 is 1. The van der Waals surface area contributed by atoms with Crippen LogP contribution in [0.15, 0.2) is 12.1 Å². The van der Waals surface area contributed by atoms with Gasteiger partial charge in [0.15, 0.2) is 17.4 Å². The smallest absolute Gasteiger partial charge is 0.190 e. The molecule has 0 N–H and O–H groups in total. The lowest BCUT2D eigenvalue weighted by Gasteiger charge is -2.05. The van der Waals surface area contributed by atoms with Crippen LogP contribution < -0.4 is 10.2 Å². The molecule has 0 unspecified atom stereocenters. The first kappa shape index (κ1) is 8.05. The Hall–Kier alpha value is -1.06. The highest BCUT2D eigenvalue weighted by Crippen LogP contribution is 2.18. The van der Waals surface area contributed by atoms with Gasteiger partial charge in [-0.2, -0.15) is 0 Å². The Morgan fingerprint density at radius 1 is 1.27 bits per heavy atom. The fraction of sp³-hybridized carbons (Fsp3) is 0.143. The van der Waals surface area contributed by atoms with E-state index in [0.29, 0.717) is 0 Å². The fourth-order valence-corrected chi connectivity index (χ4v) is 0.628. The average molecular weight is 157 g/mol. The van der Waals surface area contributed by atoms with Crippen molar-refractivity contribution in [2.45, 2.75) is 0 Å². The summed E-state index contributed by atoms with van der Waals surface area (Å²) in [4.78, 5) is 0. The topological polar surface area (TPSA) is 9.23 Å². The van der Waals surface area contributed by atoms with Crippen LogP contribution in [0.5, 0.6) is 5.75 Å². The Morgan fingerprint density at radius 2 is 1.73 bits per heavy atom. The van der Waals surface area contributed by atoms with Gasteiger partial charge in [0.2, 0.25) is 0 Å². The van der Waals surface area contributed by atoms with Crippen LogP contribution in [0.1, 0.15) is 0 Å². The Balaban J connectivity index is 3.25. The van der Waals surface area contributed by atoms with Gasteiger partial charge in [0.05, 0.1) is 7.11 Å². The predicted octanol–water partition coefficient (Wildman–Crippen LogP) is -0.0359. The highest BCUT2D eigenvalue weighted by atomic mass is 19.1. The van der Waals surface area contributed by atoms with Crippen molar-refractivity contribution in [3.05, 3.63) is 23.8 Å². The van der Waals surface area contributed by atoms with Crippen LogP contribution in [-0.4, -0.2) is 15.0 Å². The molecule has 0 fully saturated rings. The third-order valence-electron chi connectivity index (χ3n) is 1.06. The molecule has 1 nitrogen and oxygen atoms in total. The van der Waals surface area contributed by atoms with E-state index in [1.807, 2.05) is 0 Å². The van der Waals surface area contributed by atoms with Crippen molar-refractivity contribution in [2.75, 3.05) is 7.11 Å². The molecule has 0 saturated heterocycles. The minimum absolute atomic E-state index is 0.149. The summed E-state index contributed by atoms with van der Waals surface area (Å²) in [6, 6.07) is 2.67. The Labute approximate surface area is 64.4 Å². The van der Waals surface area contributed by atoms with E-state index in [2.05, 4.69) is 4.74 Å².